The molecule has 0 amide bonds. The van der Waals surface area contributed by atoms with E-state index >= 15 is 0 Å². The minimum absolute atomic E-state index is 0.0331. The zero-order chi connectivity index (χ0) is 13.7. The Labute approximate surface area is 115 Å². The van der Waals surface area contributed by atoms with Gasteiger partial charge in [0.1, 0.15) is 5.02 Å². The van der Waals surface area contributed by atoms with E-state index in [4.69, 9.17) is 17.3 Å². The molecule has 1 heterocycles. The molecule has 0 saturated carbocycles. The molecule has 0 fully saturated rings. The second-order valence-electron chi connectivity index (χ2n) is 4.16. The van der Waals surface area contributed by atoms with E-state index in [0.717, 1.165) is 12.0 Å². The summed E-state index contributed by atoms with van der Waals surface area (Å²) in [6.07, 6.45) is 2.05. The molecule has 0 saturated heterocycles. The Kier molecular flexibility index (Phi) is 4.54. The van der Waals surface area contributed by atoms with Gasteiger partial charge in [0.2, 0.25) is 0 Å². The summed E-state index contributed by atoms with van der Waals surface area (Å²) in [5, 5.41) is 3.15. The summed E-state index contributed by atoms with van der Waals surface area (Å²) in [4.78, 5) is 17.8. The SMILES string of the molecule is NCC(Cc1ccccc1)Nc1nc[nH]c(=O)c1Cl. The Bertz CT molecular complexity index is 585. The van der Waals surface area contributed by atoms with Crippen LogP contribution in [0.25, 0.3) is 0 Å². The molecule has 0 aliphatic heterocycles. The molecule has 1 aromatic carbocycles. The number of hydrogen-bond donors (Lipinski definition) is 3. The van der Waals surface area contributed by atoms with Crippen LogP contribution in [-0.2, 0) is 6.42 Å². The number of H-pyrrole nitrogens is 1. The van der Waals surface area contributed by atoms with Crippen molar-refractivity contribution in [1.82, 2.24) is 9.97 Å². The number of hydrogen-bond acceptors (Lipinski definition) is 4. The van der Waals surface area contributed by atoms with E-state index in [-0.39, 0.29) is 16.6 Å². The molecule has 1 aromatic heterocycles. The summed E-state index contributed by atoms with van der Waals surface area (Å²) < 4.78 is 0. The van der Waals surface area contributed by atoms with Crippen LogP contribution < -0.4 is 16.6 Å². The highest BCUT2D eigenvalue weighted by molar-refractivity contribution is 6.32. The van der Waals surface area contributed by atoms with E-state index in [1.807, 2.05) is 30.3 Å². The molecule has 2 rings (SSSR count). The van der Waals surface area contributed by atoms with Gasteiger partial charge < -0.3 is 16.0 Å². The fraction of sp³-hybridized carbons (Fsp3) is 0.231. The second-order valence-corrected chi connectivity index (χ2v) is 4.54. The number of aromatic nitrogens is 2. The van der Waals surface area contributed by atoms with E-state index in [1.54, 1.807) is 0 Å². The molecule has 4 N–H and O–H groups in total. The molecule has 0 aliphatic rings. The maximum Gasteiger partial charge on any atom is 0.271 e. The Morgan fingerprint density at radius 1 is 1.37 bits per heavy atom. The van der Waals surface area contributed by atoms with Crippen LogP contribution in [0.3, 0.4) is 0 Å². The lowest BCUT2D eigenvalue weighted by Crippen LogP contribution is -2.32. The van der Waals surface area contributed by atoms with Gasteiger partial charge in [0.05, 0.1) is 6.33 Å². The number of nitrogens with one attached hydrogen (secondary N) is 2. The van der Waals surface area contributed by atoms with Crippen LogP contribution in [0.15, 0.2) is 41.5 Å². The molecule has 0 aliphatic carbocycles. The van der Waals surface area contributed by atoms with Gasteiger partial charge in [-0.25, -0.2) is 4.98 Å². The fourth-order valence-corrected chi connectivity index (χ4v) is 1.93. The molecular weight excluding hydrogens is 264 g/mol. The highest BCUT2D eigenvalue weighted by Gasteiger charge is 2.12. The molecule has 100 valence electrons. The maximum atomic E-state index is 11.4. The minimum Gasteiger partial charge on any atom is -0.364 e. The molecular formula is C13H15ClN4O. The van der Waals surface area contributed by atoms with Crippen LogP contribution in [0.4, 0.5) is 5.82 Å². The number of halogens is 1. The number of rotatable bonds is 5. The van der Waals surface area contributed by atoms with Gasteiger partial charge in [-0.2, -0.15) is 0 Å². The molecule has 2 aromatic rings. The average Bonchev–Trinajstić information content (AvgIpc) is 2.44. The molecule has 1 atom stereocenters. The largest absolute Gasteiger partial charge is 0.364 e. The van der Waals surface area contributed by atoms with Crippen molar-refractivity contribution in [2.75, 3.05) is 11.9 Å². The Hall–Kier alpha value is -1.85. The first-order valence-electron chi connectivity index (χ1n) is 5.94. The third-order valence-electron chi connectivity index (χ3n) is 2.75. The summed E-state index contributed by atoms with van der Waals surface area (Å²) in [5.41, 5.74) is 6.53. The highest BCUT2D eigenvalue weighted by atomic mass is 35.5. The zero-order valence-corrected chi connectivity index (χ0v) is 11.0. The lowest BCUT2D eigenvalue weighted by atomic mass is 10.1. The molecule has 1 unspecified atom stereocenters. The summed E-state index contributed by atoms with van der Waals surface area (Å²) in [7, 11) is 0. The number of benzene rings is 1. The van der Waals surface area contributed by atoms with E-state index in [9.17, 15) is 4.79 Å². The lowest BCUT2D eigenvalue weighted by molar-refractivity contribution is 0.719. The molecule has 0 radical (unpaired) electrons. The van der Waals surface area contributed by atoms with Crippen LogP contribution >= 0.6 is 11.6 Å². The van der Waals surface area contributed by atoms with Crippen molar-refractivity contribution in [3.05, 3.63) is 57.6 Å². The highest BCUT2D eigenvalue weighted by Crippen LogP contribution is 2.14. The van der Waals surface area contributed by atoms with E-state index < -0.39 is 0 Å². The van der Waals surface area contributed by atoms with Crippen molar-refractivity contribution in [3.63, 3.8) is 0 Å². The first-order valence-corrected chi connectivity index (χ1v) is 6.32. The number of aromatic amines is 1. The van der Waals surface area contributed by atoms with Crippen molar-refractivity contribution in [3.8, 4) is 0 Å². The topological polar surface area (TPSA) is 83.8 Å². The van der Waals surface area contributed by atoms with Crippen molar-refractivity contribution < 1.29 is 0 Å². The van der Waals surface area contributed by atoms with Gasteiger partial charge in [0, 0.05) is 12.6 Å². The monoisotopic (exact) mass is 278 g/mol. The summed E-state index contributed by atoms with van der Waals surface area (Å²) >= 11 is 5.89. The van der Waals surface area contributed by atoms with Gasteiger partial charge in [-0.15, -0.1) is 0 Å². The van der Waals surface area contributed by atoms with E-state index in [2.05, 4.69) is 15.3 Å². The smallest absolute Gasteiger partial charge is 0.271 e. The third-order valence-corrected chi connectivity index (χ3v) is 3.10. The van der Waals surface area contributed by atoms with Gasteiger partial charge in [-0.05, 0) is 12.0 Å². The van der Waals surface area contributed by atoms with Crippen LogP contribution in [0.1, 0.15) is 5.56 Å². The standard InChI is InChI=1S/C13H15ClN4O/c14-11-12(16-8-17-13(11)19)18-10(7-15)6-9-4-2-1-3-5-9/h1-5,8,10H,6-7,15H2,(H2,16,17,18,19). The quantitative estimate of drug-likeness (QED) is 0.772. The minimum atomic E-state index is -0.366. The lowest BCUT2D eigenvalue weighted by Gasteiger charge is -2.17. The second kappa shape index (κ2) is 6.36. The summed E-state index contributed by atoms with van der Waals surface area (Å²) in [6.45, 7) is 0.416. The Morgan fingerprint density at radius 3 is 2.79 bits per heavy atom. The predicted molar refractivity (Wildman–Crippen MR) is 76.5 cm³/mol. The van der Waals surface area contributed by atoms with Crippen molar-refractivity contribution in [2.45, 2.75) is 12.5 Å². The molecule has 6 heteroatoms. The van der Waals surface area contributed by atoms with E-state index in [1.165, 1.54) is 6.33 Å². The first-order chi connectivity index (χ1) is 9.20. The molecule has 5 nitrogen and oxygen atoms in total. The molecule has 0 bridgehead atoms. The van der Waals surface area contributed by atoms with Crippen LogP contribution in [-0.4, -0.2) is 22.6 Å². The van der Waals surface area contributed by atoms with Gasteiger partial charge in [-0.1, -0.05) is 41.9 Å². The normalized spacial score (nSPS) is 12.1. The Morgan fingerprint density at radius 2 is 2.11 bits per heavy atom. The van der Waals surface area contributed by atoms with E-state index in [0.29, 0.717) is 12.4 Å². The summed E-state index contributed by atoms with van der Waals surface area (Å²) in [6, 6.07) is 9.93. The first kappa shape index (κ1) is 13.6. The van der Waals surface area contributed by atoms with Crippen LogP contribution in [0.5, 0.6) is 0 Å². The third kappa shape index (κ3) is 3.56. The average molecular weight is 279 g/mol. The van der Waals surface area contributed by atoms with Crippen molar-refractivity contribution in [2.24, 2.45) is 5.73 Å². The van der Waals surface area contributed by atoms with Crippen molar-refractivity contribution >= 4 is 17.4 Å². The molecule has 19 heavy (non-hydrogen) atoms. The zero-order valence-electron chi connectivity index (χ0n) is 10.3. The van der Waals surface area contributed by atoms with Gasteiger partial charge in [-0.3, -0.25) is 4.79 Å². The summed E-state index contributed by atoms with van der Waals surface area (Å²) in [5.74, 6) is 0.358. The van der Waals surface area contributed by atoms with Gasteiger partial charge in [0.15, 0.2) is 5.82 Å². The van der Waals surface area contributed by atoms with Gasteiger partial charge >= 0.3 is 0 Å². The fourth-order valence-electron chi connectivity index (χ4n) is 1.77. The number of nitrogens with two attached hydrogens (primary N) is 1. The molecule has 0 spiro atoms. The number of anilines is 1. The Balaban J connectivity index is 2.11. The maximum absolute atomic E-state index is 11.4. The van der Waals surface area contributed by atoms with Crippen LogP contribution in [0.2, 0.25) is 5.02 Å². The van der Waals surface area contributed by atoms with Gasteiger partial charge in [0.25, 0.3) is 5.56 Å². The van der Waals surface area contributed by atoms with Crippen molar-refractivity contribution in [1.29, 1.82) is 0 Å². The van der Waals surface area contributed by atoms with Crippen LogP contribution in [0, 0.1) is 0 Å². The number of nitrogens with zero attached hydrogens (tertiary/aromatic N) is 1. The predicted octanol–water partition coefficient (Wildman–Crippen LogP) is 1.41.